The second-order valence-corrected chi connectivity index (χ2v) is 6.46. The fourth-order valence-corrected chi connectivity index (χ4v) is 2.96. The molecule has 106 valence electrons. The van der Waals surface area contributed by atoms with Gasteiger partial charge in [-0.25, -0.2) is 0 Å². The molecule has 0 heterocycles. The summed E-state index contributed by atoms with van der Waals surface area (Å²) in [6.45, 7) is 5.87. The summed E-state index contributed by atoms with van der Waals surface area (Å²) in [5.74, 6) is -0.535. The standard InChI is InChI=1S/C12H23O5P/c1-6-17-12(13)11(9-7-8-10(2)3)18(14,15-4)16-5/h8,11H,6-7,9H2,1-5H3. The predicted octanol–water partition coefficient (Wildman–Crippen LogP) is 3.15. The van der Waals surface area contributed by atoms with Crippen molar-refractivity contribution in [2.45, 2.75) is 39.3 Å². The van der Waals surface area contributed by atoms with Gasteiger partial charge in [0, 0.05) is 14.2 Å². The SMILES string of the molecule is CCOC(=O)C(CCC=C(C)C)P(=O)(OC)OC. The third-order valence-electron chi connectivity index (χ3n) is 2.44. The molecule has 1 unspecified atom stereocenters. The zero-order valence-corrected chi connectivity index (χ0v) is 12.7. The molecule has 1 atom stereocenters. The summed E-state index contributed by atoms with van der Waals surface area (Å²) in [6.07, 6.45) is 2.98. The second-order valence-electron chi connectivity index (χ2n) is 4.03. The largest absolute Gasteiger partial charge is 0.465 e. The lowest BCUT2D eigenvalue weighted by atomic mass is 10.2. The molecule has 0 amide bonds. The Bertz CT molecular complexity index is 325. The van der Waals surface area contributed by atoms with Gasteiger partial charge < -0.3 is 13.8 Å². The highest BCUT2D eigenvalue weighted by Crippen LogP contribution is 2.53. The van der Waals surface area contributed by atoms with Crippen LogP contribution in [-0.2, 0) is 23.1 Å². The number of ether oxygens (including phenoxy) is 1. The van der Waals surface area contributed by atoms with E-state index in [4.69, 9.17) is 13.8 Å². The number of allylic oxidation sites excluding steroid dienone is 2. The monoisotopic (exact) mass is 278 g/mol. The summed E-state index contributed by atoms with van der Waals surface area (Å²) < 4.78 is 27.0. The van der Waals surface area contributed by atoms with Gasteiger partial charge in [0.05, 0.1) is 6.61 Å². The van der Waals surface area contributed by atoms with E-state index in [0.717, 1.165) is 5.57 Å². The molecule has 0 aromatic rings. The van der Waals surface area contributed by atoms with Crippen LogP contribution in [0.5, 0.6) is 0 Å². The van der Waals surface area contributed by atoms with Crippen LogP contribution in [0.15, 0.2) is 11.6 Å². The summed E-state index contributed by atoms with van der Waals surface area (Å²) >= 11 is 0. The minimum Gasteiger partial charge on any atom is -0.465 e. The van der Waals surface area contributed by atoms with Gasteiger partial charge in [0.2, 0.25) is 0 Å². The van der Waals surface area contributed by atoms with Gasteiger partial charge >= 0.3 is 13.6 Å². The van der Waals surface area contributed by atoms with Crippen molar-refractivity contribution in [2.24, 2.45) is 0 Å². The molecule has 0 aliphatic heterocycles. The van der Waals surface area contributed by atoms with E-state index in [1.807, 2.05) is 19.9 Å². The normalized spacial score (nSPS) is 12.9. The van der Waals surface area contributed by atoms with Crippen LogP contribution < -0.4 is 0 Å². The van der Waals surface area contributed by atoms with E-state index in [2.05, 4.69) is 0 Å². The van der Waals surface area contributed by atoms with E-state index < -0.39 is 19.2 Å². The summed E-state index contributed by atoms with van der Waals surface area (Å²) in [6, 6.07) is 0. The molecule has 0 radical (unpaired) electrons. The Balaban J connectivity index is 4.88. The van der Waals surface area contributed by atoms with Gasteiger partial charge in [0.25, 0.3) is 0 Å². The maximum Gasteiger partial charge on any atom is 0.344 e. The van der Waals surface area contributed by atoms with Gasteiger partial charge in [-0.3, -0.25) is 9.36 Å². The van der Waals surface area contributed by atoms with Gasteiger partial charge in [-0.2, -0.15) is 0 Å². The molecule has 0 spiro atoms. The zero-order valence-electron chi connectivity index (χ0n) is 11.8. The average molecular weight is 278 g/mol. The molecule has 6 heteroatoms. The summed E-state index contributed by atoms with van der Waals surface area (Å²) in [4.78, 5) is 11.8. The maximum absolute atomic E-state index is 12.3. The van der Waals surface area contributed by atoms with Crippen LogP contribution in [0.3, 0.4) is 0 Å². The Morgan fingerprint density at radius 2 is 1.83 bits per heavy atom. The van der Waals surface area contributed by atoms with Crippen LogP contribution in [0.4, 0.5) is 0 Å². The molecule has 0 aromatic carbocycles. The Labute approximate surface area is 109 Å². The highest BCUT2D eigenvalue weighted by molar-refractivity contribution is 7.55. The molecular formula is C12H23O5P. The lowest BCUT2D eigenvalue weighted by Gasteiger charge is -2.22. The minimum atomic E-state index is -3.44. The first kappa shape index (κ1) is 17.4. The number of hydrogen-bond donors (Lipinski definition) is 0. The van der Waals surface area contributed by atoms with Gasteiger partial charge in [-0.1, -0.05) is 11.6 Å². The van der Waals surface area contributed by atoms with Gasteiger partial charge in [0.1, 0.15) is 0 Å². The van der Waals surface area contributed by atoms with E-state index in [1.165, 1.54) is 14.2 Å². The first-order chi connectivity index (χ1) is 8.41. The highest BCUT2D eigenvalue weighted by Gasteiger charge is 2.40. The Kier molecular flexibility index (Phi) is 8.16. The topological polar surface area (TPSA) is 61.8 Å². The van der Waals surface area contributed by atoms with E-state index in [-0.39, 0.29) is 6.61 Å². The number of esters is 1. The Hall–Kier alpha value is -0.640. The van der Waals surface area contributed by atoms with Crippen LogP contribution in [0.25, 0.3) is 0 Å². The zero-order chi connectivity index (χ0) is 14.2. The van der Waals surface area contributed by atoms with Gasteiger partial charge in [-0.15, -0.1) is 0 Å². The summed E-state index contributed by atoms with van der Waals surface area (Å²) in [7, 11) is -0.890. The number of carbonyl (C=O) groups excluding carboxylic acids is 1. The molecule has 0 fully saturated rings. The van der Waals surface area contributed by atoms with E-state index >= 15 is 0 Å². The highest BCUT2D eigenvalue weighted by atomic mass is 31.2. The molecular weight excluding hydrogens is 255 g/mol. The molecule has 0 bridgehead atoms. The van der Waals surface area contributed by atoms with E-state index in [1.54, 1.807) is 6.92 Å². The molecule has 0 rings (SSSR count). The average Bonchev–Trinajstić information content (AvgIpc) is 2.33. The van der Waals surface area contributed by atoms with Crippen LogP contribution in [0, 0.1) is 0 Å². The molecule has 5 nitrogen and oxygen atoms in total. The molecule has 0 saturated carbocycles. The van der Waals surface area contributed by atoms with E-state index in [9.17, 15) is 9.36 Å². The molecule has 0 aromatic heterocycles. The lowest BCUT2D eigenvalue weighted by Crippen LogP contribution is -2.25. The van der Waals surface area contributed by atoms with E-state index in [0.29, 0.717) is 12.8 Å². The fraction of sp³-hybridized carbons (Fsp3) is 0.750. The van der Waals surface area contributed by atoms with Crippen LogP contribution in [0.2, 0.25) is 0 Å². The quantitative estimate of drug-likeness (QED) is 0.388. The van der Waals surface area contributed by atoms with Crippen molar-refractivity contribution in [3.05, 3.63) is 11.6 Å². The predicted molar refractivity (Wildman–Crippen MR) is 70.7 cm³/mol. The van der Waals surface area contributed by atoms with Crippen molar-refractivity contribution in [1.82, 2.24) is 0 Å². The molecule has 0 saturated heterocycles. The molecule has 18 heavy (non-hydrogen) atoms. The summed E-state index contributed by atoms with van der Waals surface area (Å²) in [5, 5.41) is 0. The summed E-state index contributed by atoms with van der Waals surface area (Å²) in [5.41, 5.74) is 0.269. The minimum absolute atomic E-state index is 0.241. The van der Waals surface area contributed by atoms with Crippen LogP contribution in [0.1, 0.15) is 33.6 Å². The van der Waals surface area contributed by atoms with Crippen molar-refractivity contribution in [2.75, 3.05) is 20.8 Å². The molecule has 0 N–H and O–H groups in total. The second kappa shape index (κ2) is 8.46. The van der Waals surface area contributed by atoms with Gasteiger partial charge in [0.15, 0.2) is 5.66 Å². The first-order valence-corrected chi connectivity index (χ1v) is 7.53. The number of carbonyl (C=O) groups is 1. The van der Waals surface area contributed by atoms with Crippen molar-refractivity contribution >= 4 is 13.6 Å². The molecule has 0 aliphatic carbocycles. The number of rotatable bonds is 8. The maximum atomic E-state index is 12.3. The van der Waals surface area contributed by atoms with Gasteiger partial charge in [-0.05, 0) is 33.6 Å². The molecule has 0 aliphatic rings. The fourth-order valence-electron chi connectivity index (χ4n) is 1.50. The van der Waals surface area contributed by atoms with Crippen molar-refractivity contribution in [1.29, 1.82) is 0 Å². The lowest BCUT2D eigenvalue weighted by molar-refractivity contribution is -0.143. The Morgan fingerprint density at radius 1 is 1.28 bits per heavy atom. The smallest absolute Gasteiger partial charge is 0.344 e. The third kappa shape index (κ3) is 5.34. The van der Waals surface area contributed by atoms with Crippen LogP contribution >= 0.6 is 7.60 Å². The van der Waals surface area contributed by atoms with Crippen molar-refractivity contribution in [3.63, 3.8) is 0 Å². The van der Waals surface area contributed by atoms with Crippen molar-refractivity contribution in [3.8, 4) is 0 Å². The van der Waals surface area contributed by atoms with Crippen molar-refractivity contribution < 1.29 is 23.1 Å². The first-order valence-electron chi connectivity index (χ1n) is 5.92. The third-order valence-corrected chi connectivity index (χ3v) is 4.69. The number of hydrogen-bond acceptors (Lipinski definition) is 5. The Morgan fingerprint density at radius 3 is 2.22 bits per heavy atom. The van der Waals surface area contributed by atoms with Crippen LogP contribution in [-0.4, -0.2) is 32.5 Å².